The lowest BCUT2D eigenvalue weighted by molar-refractivity contribution is 0.0828. The summed E-state index contributed by atoms with van der Waals surface area (Å²) in [5.74, 6) is -0.212. The highest BCUT2D eigenvalue weighted by atomic mass is 16.2. The third kappa shape index (κ3) is 1.66. The van der Waals surface area contributed by atoms with Crippen LogP contribution in [0.1, 0.15) is 21.5 Å². The lowest BCUT2D eigenvalue weighted by atomic mass is 10.0. The number of imide groups is 1. The molecule has 4 heteroatoms. The molecule has 0 aromatic heterocycles. The van der Waals surface area contributed by atoms with E-state index >= 15 is 0 Å². The third-order valence-corrected chi connectivity index (χ3v) is 2.94. The van der Waals surface area contributed by atoms with E-state index in [1.54, 1.807) is 6.07 Å². The molecule has 3 amide bonds. The zero-order valence-corrected chi connectivity index (χ0v) is 9.41. The van der Waals surface area contributed by atoms with Gasteiger partial charge < -0.3 is 5.32 Å². The van der Waals surface area contributed by atoms with Crippen molar-refractivity contribution < 1.29 is 9.59 Å². The first kappa shape index (κ1) is 10.7. The number of carbonyl (C=O) groups is 2. The van der Waals surface area contributed by atoms with Crippen LogP contribution in [0.4, 0.5) is 4.79 Å². The van der Waals surface area contributed by atoms with Gasteiger partial charge in [0, 0.05) is 18.7 Å². The van der Waals surface area contributed by atoms with Gasteiger partial charge in [0.1, 0.15) is 0 Å². The first-order valence-electron chi connectivity index (χ1n) is 5.27. The topological polar surface area (TPSA) is 49.4 Å². The van der Waals surface area contributed by atoms with Crippen LogP contribution in [0.2, 0.25) is 0 Å². The Bertz CT molecular complexity index is 454. The van der Waals surface area contributed by atoms with Crippen LogP contribution in [0, 0.1) is 13.8 Å². The van der Waals surface area contributed by atoms with E-state index in [1.807, 2.05) is 26.0 Å². The predicted molar refractivity (Wildman–Crippen MR) is 60.4 cm³/mol. The molecule has 1 aromatic carbocycles. The molecule has 84 valence electrons. The van der Waals surface area contributed by atoms with Crippen molar-refractivity contribution >= 4 is 11.9 Å². The van der Waals surface area contributed by atoms with E-state index in [4.69, 9.17) is 0 Å². The van der Waals surface area contributed by atoms with Crippen molar-refractivity contribution in [3.63, 3.8) is 0 Å². The first-order chi connectivity index (χ1) is 7.61. The molecule has 0 spiro atoms. The van der Waals surface area contributed by atoms with Gasteiger partial charge in [-0.3, -0.25) is 9.69 Å². The standard InChI is InChI=1S/C12H14N2O2/c1-8-4-3-5-10(9(8)2)11(15)14-7-6-13-12(14)16/h3-5H,6-7H2,1-2H3,(H,13,16). The van der Waals surface area contributed by atoms with Gasteiger partial charge in [0.25, 0.3) is 5.91 Å². The maximum absolute atomic E-state index is 12.1. The van der Waals surface area contributed by atoms with Crippen LogP contribution < -0.4 is 5.32 Å². The van der Waals surface area contributed by atoms with Crippen molar-refractivity contribution in [1.29, 1.82) is 0 Å². The SMILES string of the molecule is Cc1cccc(C(=O)N2CCNC2=O)c1C. The summed E-state index contributed by atoms with van der Waals surface area (Å²) in [4.78, 5) is 24.7. The van der Waals surface area contributed by atoms with Crippen LogP contribution in [0.5, 0.6) is 0 Å². The van der Waals surface area contributed by atoms with Gasteiger partial charge in [-0.15, -0.1) is 0 Å². The number of benzene rings is 1. The van der Waals surface area contributed by atoms with Gasteiger partial charge in [0.2, 0.25) is 0 Å². The number of amides is 3. The molecule has 0 unspecified atom stereocenters. The number of nitrogens with zero attached hydrogens (tertiary/aromatic N) is 1. The fourth-order valence-corrected chi connectivity index (χ4v) is 1.79. The van der Waals surface area contributed by atoms with Crippen LogP contribution in [0.15, 0.2) is 18.2 Å². The minimum absolute atomic E-state index is 0.212. The zero-order valence-electron chi connectivity index (χ0n) is 9.41. The van der Waals surface area contributed by atoms with Gasteiger partial charge in [-0.2, -0.15) is 0 Å². The normalized spacial score (nSPS) is 15.1. The minimum atomic E-state index is -0.300. The van der Waals surface area contributed by atoms with Crippen LogP contribution in [0.25, 0.3) is 0 Å². The molecule has 1 fully saturated rings. The number of nitrogens with one attached hydrogen (secondary N) is 1. The molecule has 4 nitrogen and oxygen atoms in total. The Morgan fingerprint density at radius 3 is 2.75 bits per heavy atom. The van der Waals surface area contributed by atoms with Crippen LogP contribution in [-0.4, -0.2) is 29.9 Å². The summed E-state index contributed by atoms with van der Waals surface area (Å²) in [5, 5.41) is 2.62. The van der Waals surface area contributed by atoms with E-state index in [-0.39, 0.29) is 11.9 Å². The molecule has 0 saturated carbocycles. The van der Waals surface area contributed by atoms with Crippen molar-refractivity contribution in [1.82, 2.24) is 10.2 Å². The molecule has 1 N–H and O–H groups in total. The van der Waals surface area contributed by atoms with Crippen LogP contribution >= 0.6 is 0 Å². The summed E-state index contributed by atoms with van der Waals surface area (Å²) < 4.78 is 0. The summed E-state index contributed by atoms with van der Waals surface area (Å²) >= 11 is 0. The molecule has 16 heavy (non-hydrogen) atoms. The number of urea groups is 1. The molecule has 1 heterocycles. The van der Waals surface area contributed by atoms with Crippen LogP contribution in [0.3, 0.4) is 0 Å². The Kier molecular flexibility index (Phi) is 2.64. The largest absolute Gasteiger partial charge is 0.336 e. The van der Waals surface area contributed by atoms with E-state index in [1.165, 1.54) is 4.90 Å². The average molecular weight is 218 g/mol. The molecule has 0 radical (unpaired) electrons. The maximum Gasteiger partial charge on any atom is 0.324 e. The lowest BCUT2D eigenvalue weighted by Gasteiger charge is -2.14. The van der Waals surface area contributed by atoms with Crippen molar-refractivity contribution in [3.8, 4) is 0 Å². The highest BCUT2D eigenvalue weighted by molar-refractivity contribution is 6.06. The third-order valence-electron chi connectivity index (χ3n) is 2.94. The summed E-state index contributed by atoms with van der Waals surface area (Å²) in [6.07, 6.45) is 0. The lowest BCUT2D eigenvalue weighted by Crippen LogP contribution is -2.34. The molecular weight excluding hydrogens is 204 g/mol. The van der Waals surface area contributed by atoms with Gasteiger partial charge >= 0.3 is 6.03 Å². The van der Waals surface area contributed by atoms with Crippen molar-refractivity contribution in [2.24, 2.45) is 0 Å². The van der Waals surface area contributed by atoms with Gasteiger partial charge in [0.15, 0.2) is 0 Å². The molecule has 0 atom stereocenters. The fourth-order valence-electron chi connectivity index (χ4n) is 1.79. The van der Waals surface area contributed by atoms with E-state index in [0.29, 0.717) is 18.7 Å². The Labute approximate surface area is 94.2 Å². The maximum atomic E-state index is 12.1. The highest BCUT2D eigenvalue weighted by Crippen LogP contribution is 2.15. The molecule has 2 rings (SSSR count). The Morgan fingerprint density at radius 2 is 2.12 bits per heavy atom. The van der Waals surface area contributed by atoms with E-state index in [0.717, 1.165) is 11.1 Å². The smallest absolute Gasteiger partial charge is 0.324 e. The average Bonchev–Trinajstić information content (AvgIpc) is 2.68. The second kappa shape index (κ2) is 3.96. The monoisotopic (exact) mass is 218 g/mol. The molecule has 1 aromatic rings. The molecule has 0 bridgehead atoms. The van der Waals surface area contributed by atoms with Gasteiger partial charge in [-0.25, -0.2) is 4.79 Å². The van der Waals surface area contributed by atoms with Crippen molar-refractivity contribution in [2.75, 3.05) is 13.1 Å². The second-order valence-electron chi connectivity index (χ2n) is 3.94. The Hall–Kier alpha value is -1.84. The quantitative estimate of drug-likeness (QED) is 0.776. The van der Waals surface area contributed by atoms with Crippen molar-refractivity contribution in [2.45, 2.75) is 13.8 Å². The molecule has 0 aliphatic carbocycles. The minimum Gasteiger partial charge on any atom is -0.336 e. The fraction of sp³-hybridized carbons (Fsp3) is 0.333. The van der Waals surface area contributed by atoms with E-state index in [2.05, 4.69) is 5.32 Å². The highest BCUT2D eigenvalue weighted by Gasteiger charge is 2.27. The van der Waals surface area contributed by atoms with Gasteiger partial charge in [-0.1, -0.05) is 12.1 Å². The molecule has 1 aliphatic rings. The number of carbonyl (C=O) groups excluding carboxylic acids is 2. The number of rotatable bonds is 1. The van der Waals surface area contributed by atoms with Crippen molar-refractivity contribution in [3.05, 3.63) is 34.9 Å². The summed E-state index contributed by atoms with van der Waals surface area (Å²) in [6.45, 7) is 4.84. The Balaban J connectivity index is 2.34. The number of hydrogen-bond donors (Lipinski definition) is 1. The van der Waals surface area contributed by atoms with Crippen LogP contribution in [-0.2, 0) is 0 Å². The molecule has 1 aliphatic heterocycles. The Morgan fingerprint density at radius 1 is 1.38 bits per heavy atom. The van der Waals surface area contributed by atoms with Gasteiger partial charge in [-0.05, 0) is 31.0 Å². The predicted octanol–water partition coefficient (Wildman–Crippen LogP) is 1.47. The number of hydrogen-bond acceptors (Lipinski definition) is 2. The molecular formula is C12H14N2O2. The second-order valence-corrected chi connectivity index (χ2v) is 3.94. The summed E-state index contributed by atoms with van der Waals surface area (Å²) in [5.41, 5.74) is 2.61. The van der Waals surface area contributed by atoms with Gasteiger partial charge in [0.05, 0.1) is 0 Å². The summed E-state index contributed by atoms with van der Waals surface area (Å²) in [7, 11) is 0. The molecule has 1 saturated heterocycles. The van der Waals surface area contributed by atoms with E-state index in [9.17, 15) is 9.59 Å². The first-order valence-corrected chi connectivity index (χ1v) is 5.27. The summed E-state index contributed by atoms with van der Waals surface area (Å²) in [6, 6.07) is 5.25. The number of aryl methyl sites for hydroxylation is 1. The van der Waals surface area contributed by atoms with E-state index < -0.39 is 0 Å². The zero-order chi connectivity index (χ0) is 11.7.